The smallest absolute Gasteiger partial charge is 0.190 e. The number of nitrogens with zero attached hydrogens (tertiary/aromatic N) is 5. The third kappa shape index (κ3) is 1.86. The molecule has 0 amide bonds. The summed E-state index contributed by atoms with van der Waals surface area (Å²) in [6.07, 6.45) is 3.98. The second-order valence-electron chi connectivity index (χ2n) is 2.95. The van der Waals surface area contributed by atoms with E-state index < -0.39 is 0 Å². The normalized spacial score (nSPS) is 18.9. The maximum absolute atomic E-state index is 10.8. The lowest BCUT2D eigenvalue weighted by Crippen LogP contribution is -2.16. The number of azide groups is 1. The first-order chi connectivity index (χ1) is 7.86. The summed E-state index contributed by atoms with van der Waals surface area (Å²) >= 11 is 1.42. The van der Waals surface area contributed by atoms with E-state index in [2.05, 4.69) is 15.1 Å². The molecule has 1 aromatic rings. The molecule has 2 rings (SSSR count). The van der Waals surface area contributed by atoms with Gasteiger partial charge in [0.05, 0.1) is 0 Å². The molecule has 0 aromatic carbocycles. The van der Waals surface area contributed by atoms with Crippen LogP contribution in [-0.4, -0.2) is 16.3 Å². The summed E-state index contributed by atoms with van der Waals surface area (Å²) in [6.45, 7) is 0. The van der Waals surface area contributed by atoms with Crippen LogP contribution in [0.15, 0.2) is 40.9 Å². The van der Waals surface area contributed by atoms with Gasteiger partial charge in [-0.25, -0.2) is 0 Å². The van der Waals surface area contributed by atoms with Gasteiger partial charge in [0.15, 0.2) is 17.4 Å². The zero-order valence-corrected chi connectivity index (χ0v) is 8.91. The topological polar surface area (TPSA) is 82.0 Å². The molecule has 7 heteroatoms. The molecule has 6 nitrogen and oxygen atoms in total. The highest BCUT2D eigenvalue weighted by molar-refractivity contribution is 8.02. The fraction of sp³-hybridized carbons (Fsp3) is 0.111. The maximum atomic E-state index is 10.8. The molecule has 1 aliphatic heterocycles. The summed E-state index contributed by atoms with van der Waals surface area (Å²) in [5.74, 6) is 0. The van der Waals surface area contributed by atoms with Crippen molar-refractivity contribution >= 4 is 18.0 Å². The van der Waals surface area contributed by atoms with Crippen molar-refractivity contribution in [2.75, 3.05) is 0 Å². The van der Waals surface area contributed by atoms with Crippen molar-refractivity contribution in [1.82, 2.24) is 9.99 Å². The van der Waals surface area contributed by atoms with Crippen molar-refractivity contribution in [1.29, 1.82) is 0 Å². The maximum Gasteiger partial charge on any atom is 0.190 e. The minimum absolute atomic E-state index is 0.195. The first kappa shape index (κ1) is 10.5. The number of hydrogen-bond acceptors (Lipinski definition) is 4. The predicted octanol–water partition coefficient (Wildman–Crippen LogP) is 2.39. The number of allylic oxidation sites excluding steroid dienone is 1. The number of pyridine rings is 1. The van der Waals surface area contributed by atoms with E-state index in [-0.39, 0.29) is 5.37 Å². The molecule has 1 aromatic heterocycles. The molecule has 1 aliphatic rings. The number of thioether (sulfide) groups is 1. The zero-order valence-electron chi connectivity index (χ0n) is 8.09. The van der Waals surface area contributed by atoms with Crippen LogP contribution in [0, 0.1) is 0 Å². The number of aldehydes is 1. The summed E-state index contributed by atoms with van der Waals surface area (Å²) in [4.78, 5) is 17.4. The Morgan fingerprint density at radius 3 is 2.94 bits per heavy atom. The zero-order chi connectivity index (χ0) is 11.4. The fourth-order valence-electron chi connectivity index (χ4n) is 1.35. The van der Waals surface area contributed by atoms with E-state index >= 15 is 0 Å². The van der Waals surface area contributed by atoms with E-state index in [4.69, 9.17) is 5.53 Å². The number of hydrogen-bond donors (Lipinski definition) is 0. The molecule has 80 valence electrons. The first-order valence-corrected chi connectivity index (χ1v) is 5.36. The van der Waals surface area contributed by atoms with Crippen LogP contribution in [-0.2, 0) is 4.79 Å². The summed E-state index contributed by atoms with van der Waals surface area (Å²) in [7, 11) is 0. The van der Waals surface area contributed by atoms with Crippen LogP contribution in [0.2, 0.25) is 0 Å². The molecule has 16 heavy (non-hydrogen) atoms. The van der Waals surface area contributed by atoms with Gasteiger partial charge in [-0.2, -0.15) is 9.92 Å². The minimum Gasteiger partial charge on any atom is -0.294 e. The van der Waals surface area contributed by atoms with Gasteiger partial charge < -0.3 is 0 Å². The molecule has 2 heterocycles. The highest BCUT2D eigenvalue weighted by Gasteiger charge is 2.32. The van der Waals surface area contributed by atoms with Crippen molar-refractivity contribution in [3.63, 3.8) is 0 Å². The quantitative estimate of drug-likeness (QED) is 0.347. The van der Waals surface area contributed by atoms with Crippen LogP contribution in [0.25, 0.3) is 10.4 Å². The second-order valence-corrected chi connectivity index (χ2v) is 3.91. The summed E-state index contributed by atoms with van der Waals surface area (Å²) in [6, 6.07) is 3.64. The number of aromatic nitrogens is 1. The van der Waals surface area contributed by atoms with Crippen LogP contribution < -0.4 is 0 Å². The van der Waals surface area contributed by atoms with Gasteiger partial charge in [0.1, 0.15) is 0 Å². The van der Waals surface area contributed by atoms with E-state index in [9.17, 15) is 4.79 Å². The Labute approximate surface area is 95.6 Å². The predicted molar refractivity (Wildman–Crippen MR) is 59.7 cm³/mol. The molecule has 0 fully saturated rings. The van der Waals surface area contributed by atoms with Gasteiger partial charge in [-0.3, -0.25) is 9.78 Å². The SMILES string of the molecule is [N-]=[N+]=NN1C(C=O)=CSC1c1ccncc1. The molecular weight excluding hydrogens is 226 g/mol. The molecule has 0 aliphatic carbocycles. The Balaban J connectivity index is 2.31. The van der Waals surface area contributed by atoms with Crippen molar-refractivity contribution < 1.29 is 4.79 Å². The first-order valence-electron chi connectivity index (χ1n) is 4.42. The van der Waals surface area contributed by atoms with Crippen molar-refractivity contribution in [3.05, 3.63) is 51.6 Å². The standard InChI is InChI=1S/C9H7N5OS/c10-12-13-14-8(5-15)6-16-9(14)7-1-3-11-4-2-7/h1-6,9H. The largest absolute Gasteiger partial charge is 0.294 e. The van der Waals surface area contributed by atoms with Crippen LogP contribution in [0.1, 0.15) is 10.9 Å². The molecular formula is C9H7N5OS. The lowest BCUT2D eigenvalue weighted by Gasteiger charge is -2.16. The third-order valence-corrected chi connectivity index (χ3v) is 3.16. The van der Waals surface area contributed by atoms with E-state index in [1.54, 1.807) is 17.8 Å². The lowest BCUT2D eigenvalue weighted by molar-refractivity contribution is -0.106. The number of carbonyl (C=O) groups is 1. The lowest BCUT2D eigenvalue weighted by atomic mass is 10.2. The number of rotatable bonds is 3. The summed E-state index contributed by atoms with van der Waals surface area (Å²) < 4.78 is 0. The van der Waals surface area contributed by atoms with Gasteiger partial charge in [0.2, 0.25) is 0 Å². The van der Waals surface area contributed by atoms with Crippen molar-refractivity contribution in [2.24, 2.45) is 5.22 Å². The van der Waals surface area contributed by atoms with Gasteiger partial charge in [-0.1, -0.05) is 11.8 Å². The monoisotopic (exact) mass is 233 g/mol. The molecule has 0 spiro atoms. The molecule has 1 atom stereocenters. The van der Waals surface area contributed by atoms with E-state index in [0.717, 1.165) is 5.56 Å². The number of carbonyl (C=O) groups excluding carboxylic acids is 1. The highest BCUT2D eigenvalue weighted by Crippen LogP contribution is 2.41. The van der Waals surface area contributed by atoms with Crippen LogP contribution >= 0.6 is 11.8 Å². The molecule has 1 unspecified atom stereocenters. The van der Waals surface area contributed by atoms with Gasteiger partial charge in [0.25, 0.3) is 0 Å². The minimum atomic E-state index is -0.195. The van der Waals surface area contributed by atoms with E-state index in [1.165, 1.54) is 16.8 Å². The fourth-order valence-corrected chi connectivity index (χ4v) is 2.38. The molecule has 0 N–H and O–H groups in total. The van der Waals surface area contributed by atoms with E-state index in [1.807, 2.05) is 12.1 Å². The van der Waals surface area contributed by atoms with Crippen LogP contribution in [0.5, 0.6) is 0 Å². The Kier molecular flexibility index (Phi) is 3.09. The van der Waals surface area contributed by atoms with E-state index in [0.29, 0.717) is 12.0 Å². The van der Waals surface area contributed by atoms with Crippen LogP contribution in [0.4, 0.5) is 0 Å². The summed E-state index contributed by atoms with van der Waals surface area (Å²) in [5, 5.41) is 6.34. The Morgan fingerprint density at radius 2 is 2.31 bits per heavy atom. The molecule has 0 radical (unpaired) electrons. The van der Waals surface area contributed by atoms with Gasteiger partial charge in [-0.15, -0.1) is 5.53 Å². The summed E-state index contributed by atoms with van der Waals surface area (Å²) in [5.41, 5.74) is 9.75. The Hall–Kier alpha value is -1.98. The molecule has 0 saturated carbocycles. The highest BCUT2D eigenvalue weighted by atomic mass is 32.2. The van der Waals surface area contributed by atoms with Crippen LogP contribution in [0.3, 0.4) is 0 Å². The second kappa shape index (κ2) is 4.69. The molecule has 0 saturated heterocycles. The van der Waals surface area contributed by atoms with Gasteiger partial charge in [0, 0.05) is 23.4 Å². The third-order valence-electron chi connectivity index (χ3n) is 2.05. The average Bonchev–Trinajstić information content (AvgIpc) is 2.74. The Morgan fingerprint density at radius 1 is 1.56 bits per heavy atom. The average molecular weight is 233 g/mol. The van der Waals surface area contributed by atoms with Gasteiger partial charge >= 0.3 is 0 Å². The molecule has 0 bridgehead atoms. The Bertz CT molecular complexity index is 468. The van der Waals surface area contributed by atoms with Crippen molar-refractivity contribution in [3.8, 4) is 0 Å². The van der Waals surface area contributed by atoms with Gasteiger partial charge in [-0.05, 0) is 17.4 Å². The van der Waals surface area contributed by atoms with Crippen molar-refractivity contribution in [2.45, 2.75) is 5.37 Å².